The van der Waals surface area contributed by atoms with E-state index in [4.69, 9.17) is 0 Å². The third kappa shape index (κ3) is 2.19. The van der Waals surface area contributed by atoms with E-state index in [1.807, 2.05) is 23.5 Å². The lowest BCUT2D eigenvalue weighted by atomic mass is 10.5. The van der Waals surface area contributed by atoms with Crippen LogP contribution in [0.4, 0.5) is 0 Å². The minimum Gasteiger partial charge on any atom is -0.294 e. The summed E-state index contributed by atoms with van der Waals surface area (Å²) < 4.78 is 0. The van der Waals surface area contributed by atoms with Crippen LogP contribution in [0.1, 0.15) is 13.3 Å². The highest BCUT2D eigenvalue weighted by atomic mass is 15.5. The molecule has 0 spiro atoms. The first-order valence-electron chi connectivity index (χ1n) is 3.60. The topological polar surface area (TPSA) is 27.6 Å². The summed E-state index contributed by atoms with van der Waals surface area (Å²) in [5.41, 5.74) is 3.20. The molecule has 0 bridgehead atoms. The maximum Gasteiger partial charge on any atom is 0.124 e. The number of hydrogen-bond acceptors (Lipinski definition) is 3. The van der Waals surface area contributed by atoms with Gasteiger partial charge in [0.1, 0.15) is 6.67 Å². The third-order valence-electron chi connectivity index (χ3n) is 1.26. The first-order valence-corrected chi connectivity index (χ1v) is 3.60. The van der Waals surface area contributed by atoms with Crippen molar-refractivity contribution in [2.24, 2.45) is 4.99 Å². The van der Waals surface area contributed by atoms with Gasteiger partial charge >= 0.3 is 0 Å². The molecular formula is C7H13N3. The molecule has 0 amide bonds. The SMILES string of the molecule is CCCNN1C=CC=NC1. The first-order chi connectivity index (χ1) is 4.93. The Kier molecular flexibility index (Phi) is 2.96. The molecule has 0 aliphatic carbocycles. The van der Waals surface area contributed by atoms with E-state index in [0.717, 1.165) is 19.6 Å². The summed E-state index contributed by atoms with van der Waals surface area (Å²) in [6.07, 6.45) is 6.87. The highest BCUT2D eigenvalue weighted by Crippen LogP contribution is 1.89. The van der Waals surface area contributed by atoms with Gasteiger partial charge in [-0.15, -0.1) is 0 Å². The molecule has 1 aliphatic rings. The highest BCUT2D eigenvalue weighted by molar-refractivity contribution is 5.71. The Bertz CT molecular complexity index is 140. The Balaban J connectivity index is 2.17. The predicted octanol–water partition coefficient (Wildman–Crippen LogP) is 0.759. The highest BCUT2D eigenvalue weighted by Gasteiger charge is 1.95. The van der Waals surface area contributed by atoms with Crippen LogP contribution in [0.3, 0.4) is 0 Å². The Morgan fingerprint density at radius 2 is 2.60 bits per heavy atom. The first kappa shape index (κ1) is 7.28. The van der Waals surface area contributed by atoms with Crippen molar-refractivity contribution < 1.29 is 0 Å². The zero-order valence-corrected chi connectivity index (χ0v) is 6.25. The van der Waals surface area contributed by atoms with Crippen molar-refractivity contribution >= 4 is 6.21 Å². The fourth-order valence-corrected chi connectivity index (χ4v) is 0.744. The van der Waals surface area contributed by atoms with E-state index in [-0.39, 0.29) is 0 Å². The van der Waals surface area contributed by atoms with Crippen molar-refractivity contribution in [1.29, 1.82) is 0 Å². The molecule has 0 atom stereocenters. The van der Waals surface area contributed by atoms with Gasteiger partial charge in [0.2, 0.25) is 0 Å². The normalized spacial score (nSPS) is 16.3. The van der Waals surface area contributed by atoms with E-state index >= 15 is 0 Å². The van der Waals surface area contributed by atoms with Crippen molar-refractivity contribution in [3.8, 4) is 0 Å². The Labute approximate surface area is 61.4 Å². The van der Waals surface area contributed by atoms with Crippen LogP contribution >= 0.6 is 0 Å². The van der Waals surface area contributed by atoms with Gasteiger partial charge in [-0.2, -0.15) is 0 Å². The summed E-state index contributed by atoms with van der Waals surface area (Å²) in [7, 11) is 0. The molecule has 0 aromatic rings. The van der Waals surface area contributed by atoms with Gasteiger partial charge in [-0.05, 0) is 12.5 Å². The molecule has 3 heteroatoms. The molecule has 0 aromatic heterocycles. The lowest BCUT2D eigenvalue weighted by molar-refractivity contribution is 0.277. The van der Waals surface area contributed by atoms with Gasteiger partial charge in [0.25, 0.3) is 0 Å². The van der Waals surface area contributed by atoms with Crippen LogP contribution in [0.5, 0.6) is 0 Å². The summed E-state index contributed by atoms with van der Waals surface area (Å²) in [6, 6.07) is 0. The maximum atomic E-state index is 4.06. The number of nitrogens with zero attached hydrogens (tertiary/aromatic N) is 2. The molecule has 0 saturated carbocycles. The number of aliphatic imine (C=N–C) groups is 1. The van der Waals surface area contributed by atoms with E-state index < -0.39 is 0 Å². The molecule has 1 aliphatic heterocycles. The van der Waals surface area contributed by atoms with Crippen LogP contribution in [0, 0.1) is 0 Å². The number of nitrogens with one attached hydrogen (secondary N) is 1. The molecule has 56 valence electrons. The minimum atomic E-state index is 0.733. The largest absolute Gasteiger partial charge is 0.294 e. The molecule has 1 heterocycles. The second-order valence-electron chi connectivity index (χ2n) is 2.19. The van der Waals surface area contributed by atoms with Gasteiger partial charge in [-0.1, -0.05) is 6.92 Å². The van der Waals surface area contributed by atoms with Gasteiger partial charge < -0.3 is 0 Å². The van der Waals surface area contributed by atoms with Gasteiger partial charge in [0.05, 0.1) is 0 Å². The van der Waals surface area contributed by atoms with Crippen molar-refractivity contribution in [1.82, 2.24) is 10.4 Å². The predicted molar refractivity (Wildman–Crippen MR) is 42.6 cm³/mol. The standard InChI is InChI=1S/C7H13N3/c1-2-4-9-10-6-3-5-8-7-10/h3,5-6,9H,2,4,7H2,1H3. The van der Waals surface area contributed by atoms with E-state index in [1.165, 1.54) is 0 Å². The summed E-state index contributed by atoms with van der Waals surface area (Å²) in [4.78, 5) is 4.06. The van der Waals surface area contributed by atoms with E-state index in [9.17, 15) is 0 Å². The Morgan fingerprint density at radius 1 is 1.70 bits per heavy atom. The maximum absolute atomic E-state index is 4.06. The second kappa shape index (κ2) is 4.06. The zero-order chi connectivity index (χ0) is 7.23. The van der Waals surface area contributed by atoms with Crippen molar-refractivity contribution in [2.75, 3.05) is 13.2 Å². The third-order valence-corrected chi connectivity index (χ3v) is 1.26. The van der Waals surface area contributed by atoms with Crippen molar-refractivity contribution in [2.45, 2.75) is 13.3 Å². The number of rotatable bonds is 3. The summed E-state index contributed by atoms with van der Waals surface area (Å²) >= 11 is 0. The van der Waals surface area contributed by atoms with Crippen LogP contribution < -0.4 is 5.43 Å². The van der Waals surface area contributed by atoms with E-state index in [2.05, 4.69) is 17.3 Å². The average molecular weight is 139 g/mol. The van der Waals surface area contributed by atoms with Gasteiger partial charge in [-0.25, -0.2) is 5.43 Å². The quantitative estimate of drug-likeness (QED) is 0.625. The van der Waals surface area contributed by atoms with Gasteiger partial charge in [0, 0.05) is 19.0 Å². The van der Waals surface area contributed by atoms with E-state index in [1.54, 1.807) is 0 Å². The molecule has 0 aromatic carbocycles. The zero-order valence-electron chi connectivity index (χ0n) is 6.25. The van der Waals surface area contributed by atoms with Crippen molar-refractivity contribution in [3.05, 3.63) is 12.3 Å². The molecule has 0 fully saturated rings. The molecule has 10 heavy (non-hydrogen) atoms. The molecule has 1 rings (SSSR count). The number of hydrazine groups is 1. The van der Waals surface area contributed by atoms with E-state index in [0.29, 0.717) is 0 Å². The Morgan fingerprint density at radius 3 is 3.20 bits per heavy atom. The van der Waals surface area contributed by atoms with Gasteiger partial charge in [0.15, 0.2) is 0 Å². The summed E-state index contributed by atoms with van der Waals surface area (Å²) in [5, 5.41) is 1.98. The molecule has 0 radical (unpaired) electrons. The number of allylic oxidation sites excluding steroid dienone is 1. The monoisotopic (exact) mass is 139 g/mol. The van der Waals surface area contributed by atoms with Crippen LogP contribution in [0.25, 0.3) is 0 Å². The molecular weight excluding hydrogens is 126 g/mol. The van der Waals surface area contributed by atoms with Crippen LogP contribution in [0.15, 0.2) is 17.3 Å². The number of hydrogen-bond donors (Lipinski definition) is 1. The van der Waals surface area contributed by atoms with Crippen LogP contribution in [-0.4, -0.2) is 24.4 Å². The van der Waals surface area contributed by atoms with Crippen LogP contribution in [0.2, 0.25) is 0 Å². The molecule has 3 nitrogen and oxygen atoms in total. The second-order valence-corrected chi connectivity index (χ2v) is 2.19. The fraction of sp³-hybridized carbons (Fsp3) is 0.571. The van der Waals surface area contributed by atoms with Crippen molar-refractivity contribution in [3.63, 3.8) is 0 Å². The summed E-state index contributed by atoms with van der Waals surface area (Å²) in [5.74, 6) is 0. The molecule has 1 N–H and O–H groups in total. The molecule has 0 saturated heterocycles. The fourth-order valence-electron chi connectivity index (χ4n) is 0.744. The lowest BCUT2D eigenvalue weighted by Crippen LogP contribution is -2.35. The van der Waals surface area contributed by atoms with Gasteiger partial charge in [-0.3, -0.25) is 10.0 Å². The molecule has 0 unspecified atom stereocenters. The minimum absolute atomic E-state index is 0.733. The van der Waals surface area contributed by atoms with Crippen LogP contribution in [-0.2, 0) is 0 Å². The Hall–Kier alpha value is -0.830. The average Bonchev–Trinajstić information content (AvgIpc) is 2.03. The lowest BCUT2D eigenvalue weighted by Gasteiger charge is -2.19. The summed E-state index contributed by atoms with van der Waals surface area (Å²) in [6.45, 7) is 3.89. The smallest absolute Gasteiger partial charge is 0.124 e.